The first kappa shape index (κ1) is 17.7. The van der Waals surface area contributed by atoms with Gasteiger partial charge in [-0.05, 0) is 44.1 Å². The van der Waals surface area contributed by atoms with Crippen LogP contribution in [0.3, 0.4) is 0 Å². The summed E-state index contributed by atoms with van der Waals surface area (Å²) in [6.07, 6.45) is 1.18. The number of carbonyl (C=O) groups excluding carboxylic acids is 1. The summed E-state index contributed by atoms with van der Waals surface area (Å²) in [5, 5.41) is 3.49. The van der Waals surface area contributed by atoms with Gasteiger partial charge in [-0.3, -0.25) is 0 Å². The smallest absolute Gasteiger partial charge is 0.337 e. The molecule has 0 aromatic heterocycles. The molecule has 0 fully saturated rings. The molecule has 1 atom stereocenters. The van der Waals surface area contributed by atoms with Gasteiger partial charge in [0.15, 0.2) is 0 Å². The van der Waals surface area contributed by atoms with Crippen LogP contribution in [-0.2, 0) is 11.3 Å². The van der Waals surface area contributed by atoms with Gasteiger partial charge in [-0.25, -0.2) is 4.79 Å². The van der Waals surface area contributed by atoms with Crippen molar-refractivity contribution in [3.05, 3.63) is 35.4 Å². The fraction of sp³-hybridized carbons (Fsp3) is 0.588. The topological polar surface area (TPSA) is 41.6 Å². The Labute approximate surface area is 128 Å². The van der Waals surface area contributed by atoms with Crippen molar-refractivity contribution in [1.29, 1.82) is 0 Å². The molecule has 118 valence electrons. The highest BCUT2D eigenvalue weighted by molar-refractivity contribution is 5.89. The summed E-state index contributed by atoms with van der Waals surface area (Å²) in [5.41, 5.74) is 1.76. The number of nitrogens with zero attached hydrogens (tertiary/aromatic N) is 1. The van der Waals surface area contributed by atoms with E-state index in [1.807, 2.05) is 12.1 Å². The van der Waals surface area contributed by atoms with Crippen molar-refractivity contribution in [3.8, 4) is 0 Å². The lowest BCUT2D eigenvalue weighted by Crippen LogP contribution is -2.38. The van der Waals surface area contributed by atoms with Crippen LogP contribution in [0.4, 0.5) is 0 Å². The van der Waals surface area contributed by atoms with E-state index in [0.717, 1.165) is 13.1 Å². The van der Waals surface area contributed by atoms with Crippen molar-refractivity contribution >= 4 is 5.97 Å². The van der Waals surface area contributed by atoms with Crippen LogP contribution in [-0.4, -0.2) is 44.7 Å². The summed E-state index contributed by atoms with van der Waals surface area (Å²) in [6, 6.07) is 8.08. The second-order valence-corrected chi connectivity index (χ2v) is 6.07. The normalized spacial score (nSPS) is 12.7. The van der Waals surface area contributed by atoms with Crippen molar-refractivity contribution in [2.75, 3.05) is 27.7 Å². The SMILES string of the molecule is COC(=O)c1ccc(CNCC(CC(C)C)N(C)C)cc1. The number of ether oxygens (including phenoxy) is 1. The van der Waals surface area contributed by atoms with Crippen LogP contribution in [0.15, 0.2) is 24.3 Å². The molecule has 1 N–H and O–H groups in total. The zero-order valence-electron chi connectivity index (χ0n) is 13.8. The monoisotopic (exact) mass is 292 g/mol. The highest BCUT2D eigenvalue weighted by Gasteiger charge is 2.12. The van der Waals surface area contributed by atoms with Crippen molar-refractivity contribution in [2.24, 2.45) is 5.92 Å². The molecule has 0 saturated heterocycles. The zero-order valence-corrected chi connectivity index (χ0v) is 13.8. The van der Waals surface area contributed by atoms with Crippen molar-refractivity contribution in [3.63, 3.8) is 0 Å². The highest BCUT2D eigenvalue weighted by atomic mass is 16.5. The maximum atomic E-state index is 11.4. The van der Waals surface area contributed by atoms with Gasteiger partial charge < -0.3 is 15.0 Å². The molecule has 0 aliphatic heterocycles. The molecule has 0 aliphatic rings. The number of rotatable bonds is 8. The van der Waals surface area contributed by atoms with Crippen LogP contribution in [0.2, 0.25) is 0 Å². The summed E-state index contributed by atoms with van der Waals surface area (Å²) in [7, 11) is 5.65. The third-order valence-electron chi connectivity index (χ3n) is 3.56. The largest absolute Gasteiger partial charge is 0.465 e. The minimum atomic E-state index is -0.292. The van der Waals surface area contributed by atoms with Crippen LogP contribution in [0, 0.1) is 5.92 Å². The summed E-state index contributed by atoms with van der Waals surface area (Å²) in [5.74, 6) is 0.401. The van der Waals surface area contributed by atoms with E-state index >= 15 is 0 Å². The average Bonchev–Trinajstić information content (AvgIpc) is 2.45. The maximum absolute atomic E-state index is 11.4. The van der Waals surface area contributed by atoms with Crippen molar-refractivity contribution < 1.29 is 9.53 Å². The molecular formula is C17H28N2O2. The number of esters is 1. The van der Waals surface area contributed by atoms with Crippen LogP contribution in [0.1, 0.15) is 36.2 Å². The van der Waals surface area contributed by atoms with E-state index in [-0.39, 0.29) is 5.97 Å². The lowest BCUT2D eigenvalue weighted by Gasteiger charge is -2.26. The minimum absolute atomic E-state index is 0.292. The number of hydrogen-bond donors (Lipinski definition) is 1. The summed E-state index contributed by atoms with van der Waals surface area (Å²) in [6.45, 7) is 6.28. The van der Waals surface area contributed by atoms with E-state index in [1.165, 1.54) is 19.1 Å². The zero-order chi connectivity index (χ0) is 15.8. The molecule has 0 radical (unpaired) electrons. The molecule has 0 aliphatic carbocycles. The van der Waals surface area contributed by atoms with E-state index < -0.39 is 0 Å². The van der Waals surface area contributed by atoms with Crippen LogP contribution >= 0.6 is 0 Å². The molecule has 21 heavy (non-hydrogen) atoms. The fourth-order valence-corrected chi connectivity index (χ4v) is 2.28. The molecule has 4 nitrogen and oxygen atoms in total. The van der Waals surface area contributed by atoms with E-state index in [9.17, 15) is 4.79 Å². The molecule has 1 aromatic rings. The molecule has 0 bridgehead atoms. The number of nitrogens with one attached hydrogen (secondary N) is 1. The van der Waals surface area contributed by atoms with Gasteiger partial charge in [0.2, 0.25) is 0 Å². The Morgan fingerprint density at radius 1 is 1.24 bits per heavy atom. The van der Waals surface area contributed by atoms with Crippen molar-refractivity contribution in [1.82, 2.24) is 10.2 Å². The van der Waals surface area contributed by atoms with Gasteiger partial charge >= 0.3 is 5.97 Å². The molecule has 4 heteroatoms. The average molecular weight is 292 g/mol. The first-order valence-corrected chi connectivity index (χ1v) is 7.48. The van der Waals surface area contributed by atoms with E-state index in [0.29, 0.717) is 17.5 Å². The quantitative estimate of drug-likeness (QED) is 0.748. The Morgan fingerprint density at radius 3 is 2.33 bits per heavy atom. The Balaban J connectivity index is 2.45. The first-order valence-electron chi connectivity index (χ1n) is 7.48. The van der Waals surface area contributed by atoms with Crippen LogP contribution < -0.4 is 5.32 Å². The number of hydrogen-bond acceptors (Lipinski definition) is 4. The maximum Gasteiger partial charge on any atom is 0.337 e. The van der Waals surface area contributed by atoms with Crippen molar-refractivity contribution in [2.45, 2.75) is 32.9 Å². The van der Waals surface area contributed by atoms with Gasteiger partial charge in [-0.15, -0.1) is 0 Å². The number of likely N-dealkylation sites (N-methyl/N-ethyl adjacent to an activating group) is 1. The van der Waals surface area contributed by atoms with Gasteiger partial charge in [0.25, 0.3) is 0 Å². The van der Waals surface area contributed by atoms with Crippen LogP contribution in [0.25, 0.3) is 0 Å². The number of carbonyl (C=O) groups is 1. The molecule has 0 amide bonds. The van der Waals surface area contributed by atoms with Gasteiger partial charge in [0.1, 0.15) is 0 Å². The predicted molar refractivity (Wildman–Crippen MR) is 86.4 cm³/mol. The Kier molecular flexibility index (Phi) is 7.40. The van der Waals surface area contributed by atoms with Gasteiger partial charge in [0, 0.05) is 19.1 Å². The highest BCUT2D eigenvalue weighted by Crippen LogP contribution is 2.09. The summed E-state index contributed by atoms with van der Waals surface area (Å²) < 4.78 is 4.69. The van der Waals surface area contributed by atoms with E-state index in [2.05, 4.69) is 38.2 Å². The molecule has 0 heterocycles. The lowest BCUT2D eigenvalue weighted by atomic mass is 10.0. The molecule has 1 rings (SSSR count). The van der Waals surface area contributed by atoms with Gasteiger partial charge in [-0.1, -0.05) is 26.0 Å². The molecule has 0 spiro atoms. The van der Waals surface area contributed by atoms with Gasteiger partial charge in [0.05, 0.1) is 12.7 Å². The molecule has 1 unspecified atom stereocenters. The second-order valence-electron chi connectivity index (χ2n) is 6.07. The molecule has 1 aromatic carbocycles. The standard InChI is InChI=1S/C17H28N2O2/c1-13(2)10-16(19(3)4)12-18-11-14-6-8-15(9-7-14)17(20)21-5/h6-9,13,16,18H,10-12H2,1-5H3. The first-order chi connectivity index (χ1) is 9.93. The fourth-order valence-electron chi connectivity index (χ4n) is 2.28. The predicted octanol–water partition coefficient (Wildman–Crippen LogP) is 2.54. The Hall–Kier alpha value is -1.39. The van der Waals surface area contributed by atoms with Crippen LogP contribution in [0.5, 0.6) is 0 Å². The number of benzene rings is 1. The third kappa shape index (κ3) is 6.27. The molecular weight excluding hydrogens is 264 g/mol. The van der Waals surface area contributed by atoms with Gasteiger partial charge in [-0.2, -0.15) is 0 Å². The van der Waals surface area contributed by atoms with E-state index in [4.69, 9.17) is 4.74 Å². The lowest BCUT2D eigenvalue weighted by molar-refractivity contribution is 0.0600. The number of methoxy groups -OCH3 is 1. The molecule has 0 saturated carbocycles. The Bertz CT molecular complexity index is 427. The second kappa shape index (κ2) is 8.80. The minimum Gasteiger partial charge on any atom is -0.465 e. The Morgan fingerprint density at radius 2 is 1.86 bits per heavy atom. The third-order valence-corrected chi connectivity index (χ3v) is 3.56. The van der Waals surface area contributed by atoms with E-state index in [1.54, 1.807) is 12.1 Å². The summed E-state index contributed by atoms with van der Waals surface area (Å²) >= 11 is 0. The summed E-state index contributed by atoms with van der Waals surface area (Å²) in [4.78, 5) is 13.6.